The van der Waals surface area contributed by atoms with E-state index in [4.69, 9.17) is 4.84 Å². The number of hydrogen-bond donors (Lipinski definition) is 1. The molecule has 0 saturated heterocycles. The maximum absolute atomic E-state index is 4.95. The van der Waals surface area contributed by atoms with Crippen molar-refractivity contribution in [1.82, 2.24) is 5.48 Å². The third kappa shape index (κ3) is 8.40. The average molecular weight is 210 g/mol. The van der Waals surface area contributed by atoms with Crippen LogP contribution in [0.3, 0.4) is 0 Å². The Hall–Kier alpha value is 0.400. The molecule has 0 aromatic carbocycles. The lowest BCUT2D eigenvalue weighted by molar-refractivity contribution is 0.0551. The van der Waals surface area contributed by atoms with Gasteiger partial charge in [0.2, 0.25) is 0 Å². The van der Waals surface area contributed by atoms with Gasteiger partial charge in [-0.15, -0.1) is 0 Å². The SMILES string of the molecule is CNOCCCCCCBr. The topological polar surface area (TPSA) is 21.3 Å². The minimum absolute atomic E-state index is 0.832. The first-order valence-corrected chi connectivity index (χ1v) is 4.88. The van der Waals surface area contributed by atoms with Crippen LogP contribution in [0.15, 0.2) is 0 Å². The standard InChI is InChI=1S/C7H16BrNO/c1-9-10-7-5-3-2-4-6-8/h9H,2-7H2,1H3. The molecule has 0 atom stereocenters. The Balaban J connectivity index is 2.65. The van der Waals surface area contributed by atoms with Crippen LogP contribution in [0.4, 0.5) is 0 Å². The van der Waals surface area contributed by atoms with Gasteiger partial charge in [-0.2, -0.15) is 0 Å². The zero-order chi connectivity index (χ0) is 7.66. The van der Waals surface area contributed by atoms with Gasteiger partial charge in [0.25, 0.3) is 0 Å². The Morgan fingerprint density at radius 3 is 2.50 bits per heavy atom. The van der Waals surface area contributed by atoms with Crippen molar-refractivity contribution in [2.24, 2.45) is 0 Å². The summed E-state index contributed by atoms with van der Waals surface area (Å²) in [5.41, 5.74) is 2.65. The molecule has 1 N–H and O–H groups in total. The van der Waals surface area contributed by atoms with Gasteiger partial charge < -0.3 is 4.84 Å². The Bertz CT molecular complexity index is 53.6. The summed E-state index contributed by atoms with van der Waals surface area (Å²) in [6.07, 6.45) is 5.01. The first-order valence-electron chi connectivity index (χ1n) is 3.76. The number of hydrogen-bond acceptors (Lipinski definition) is 2. The Labute approximate surface area is 71.4 Å². The number of alkyl halides is 1. The second-order valence-corrected chi connectivity index (χ2v) is 2.95. The third-order valence-corrected chi connectivity index (χ3v) is 1.84. The summed E-state index contributed by atoms with van der Waals surface area (Å²) >= 11 is 3.39. The maximum atomic E-state index is 4.95. The quantitative estimate of drug-likeness (QED) is 0.394. The van der Waals surface area contributed by atoms with Crippen molar-refractivity contribution in [3.8, 4) is 0 Å². The number of nitrogens with one attached hydrogen (secondary N) is 1. The van der Waals surface area contributed by atoms with Gasteiger partial charge in [-0.05, 0) is 12.8 Å². The molecule has 0 rings (SSSR count). The Kier molecular flexibility index (Phi) is 9.78. The number of unbranched alkanes of at least 4 members (excludes halogenated alkanes) is 3. The summed E-state index contributed by atoms with van der Waals surface area (Å²) in [7, 11) is 1.79. The highest BCUT2D eigenvalue weighted by Gasteiger charge is 1.87. The summed E-state index contributed by atoms with van der Waals surface area (Å²) in [6, 6.07) is 0. The van der Waals surface area contributed by atoms with Crippen LogP contribution in [-0.2, 0) is 4.84 Å². The molecule has 0 radical (unpaired) electrons. The second kappa shape index (κ2) is 9.40. The molecule has 0 unspecified atom stereocenters. The zero-order valence-corrected chi connectivity index (χ0v) is 8.11. The van der Waals surface area contributed by atoms with Crippen LogP contribution in [0.5, 0.6) is 0 Å². The van der Waals surface area contributed by atoms with Crippen LogP contribution in [0, 0.1) is 0 Å². The second-order valence-electron chi connectivity index (χ2n) is 2.16. The number of rotatable bonds is 7. The van der Waals surface area contributed by atoms with Crippen LogP contribution in [0.1, 0.15) is 25.7 Å². The maximum Gasteiger partial charge on any atom is 0.0682 e. The van der Waals surface area contributed by atoms with E-state index in [2.05, 4.69) is 21.4 Å². The fourth-order valence-corrected chi connectivity index (χ4v) is 1.12. The van der Waals surface area contributed by atoms with Gasteiger partial charge in [-0.1, -0.05) is 28.8 Å². The van der Waals surface area contributed by atoms with Gasteiger partial charge in [0.05, 0.1) is 6.61 Å². The van der Waals surface area contributed by atoms with Gasteiger partial charge in [0.15, 0.2) is 0 Å². The van der Waals surface area contributed by atoms with Crippen molar-refractivity contribution >= 4 is 15.9 Å². The fraction of sp³-hybridized carbons (Fsp3) is 1.00. The fourth-order valence-electron chi connectivity index (χ4n) is 0.724. The molecule has 10 heavy (non-hydrogen) atoms. The van der Waals surface area contributed by atoms with Gasteiger partial charge in [-0.3, -0.25) is 0 Å². The van der Waals surface area contributed by atoms with Crippen LogP contribution in [0.2, 0.25) is 0 Å². The first kappa shape index (κ1) is 10.4. The molecule has 0 spiro atoms. The van der Waals surface area contributed by atoms with E-state index in [1.165, 1.54) is 19.3 Å². The molecular weight excluding hydrogens is 194 g/mol. The van der Waals surface area contributed by atoms with Gasteiger partial charge in [-0.25, -0.2) is 5.48 Å². The zero-order valence-electron chi connectivity index (χ0n) is 6.53. The molecule has 0 saturated carbocycles. The molecule has 2 nitrogen and oxygen atoms in total. The van der Waals surface area contributed by atoms with Crippen molar-refractivity contribution < 1.29 is 4.84 Å². The number of halogens is 1. The Morgan fingerprint density at radius 2 is 1.90 bits per heavy atom. The lowest BCUT2D eigenvalue weighted by Gasteiger charge is -1.99. The highest BCUT2D eigenvalue weighted by Crippen LogP contribution is 2.01. The highest BCUT2D eigenvalue weighted by atomic mass is 79.9. The molecule has 0 fully saturated rings. The molecule has 0 aromatic rings. The van der Waals surface area contributed by atoms with Gasteiger partial charge in [0.1, 0.15) is 0 Å². The summed E-state index contributed by atoms with van der Waals surface area (Å²) in [6.45, 7) is 0.832. The van der Waals surface area contributed by atoms with Crippen molar-refractivity contribution in [3.05, 3.63) is 0 Å². The normalized spacial score (nSPS) is 10.2. The van der Waals surface area contributed by atoms with Crippen molar-refractivity contribution in [3.63, 3.8) is 0 Å². The smallest absolute Gasteiger partial charge is 0.0682 e. The van der Waals surface area contributed by atoms with Crippen molar-refractivity contribution in [2.75, 3.05) is 19.0 Å². The van der Waals surface area contributed by atoms with E-state index in [9.17, 15) is 0 Å². The molecule has 0 aromatic heterocycles. The summed E-state index contributed by atoms with van der Waals surface area (Å²) in [4.78, 5) is 4.95. The third-order valence-electron chi connectivity index (χ3n) is 1.27. The molecule has 0 aliphatic rings. The van der Waals surface area contributed by atoms with E-state index in [0.29, 0.717) is 0 Å². The predicted octanol–water partition coefficient (Wildman–Crippen LogP) is 2.09. The molecule has 62 valence electrons. The molecule has 0 aliphatic heterocycles. The van der Waals surface area contributed by atoms with Crippen LogP contribution in [0.25, 0.3) is 0 Å². The molecule has 3 heteroatoms. The lowest BCUT2D eigenvalue weighted by atomic mass is 10.2. The van der Waals surface area contributed by atoms with Crippen molar-refractivity contribution in [2.45, 2.75) is 25.7 Å². The monoisotopic (exact) mass is 209 g/mol. The average Bonchev–Trinajstić information content (AvgIpc) is 1.97. The van der Waals surface area contributed by atoms with E-state index in [1.54, 1.807) is 7.05 Å². The molecular formula is C7H16BrNO. The van der Waals surface area contributed by atoms with Gasteiger partial charge in [0, 0.05) is 12.4 Å². The molecule has 0 aliphatic carbocycles. The minimum Gasteiger partial charge on any atom is -0.302 e. The van der Waals surface area contributed by atoms with E-state index < -0.39 is 0 Å². The van der Waals surface area contributed by atoms with Crippen LogP contribution in [-0.4, -0.2) is 19.0 Å². The summed E-state index contributed by atoms with van der Waals surface area (Å²) < 4.78 is 0. The van der Waals surface area contributed by atoms with E-state index in [0.717, 1.165) is 18.4 Å². The summed E-state index contributed by atoms with van der Waals surface area (Å²) in [5, 5.41) is 1.12. The van der Waals surface area contributed by atoms with Crippen LogP contribution < -0.4 is 5.48 Å². The number of hydroxylamine groups is 1. The van der Waals surface area contributed by atoms with Crippen molar-refractivity contribution in [1.29, 1.82) is 0 Å². The Morgan fingerprint density at radius 1 is 1.20 bits per heavy atom. The van der Waals surface area contributed by atoms with E-state index >= 15 is 0 Å². The minimum atomic E-state index is 0.832. The summed E-state index contributed by atoms with van der Waals surface area (Å²) in [5.74, 6) is 0. The van der Waals surface area contributed by atoms with Crippen LogP contribution >= 0.6 is 15.9 Å². The molecule has 0 heterocycles. The van der Waals surface area contributed by atoms with E-state index in [-0.39, 0.29) is 0 Å². The predicted molar refractivity (Wildman–Crippen MR) is 47.3 cm³/mol. The van der Waals surface area contributed by atoms with Gasteiger partial charge >= 0.3 is 0 Å². The van der Waals surface area contributed by atoms with E-state index in [1.807, 2.05) is 0 Å². The first-order chi connectivity index (χ1) is 4.91. The highest BCUT2D eigenvalue weighted by molar-refractivity contribution is 9.09. The lowest BCUT2D eigenvalue weighted by Crippen LogP contribution is -2.07. The molecule has 0 amide bonds. The largest absolute Gasteiger partial charge is 0.302 e. The molecule has 0 bridgehead atoms.